The zero-order valence-corrected chi connectivity index (χ0v) is 17.0. The quantitative estimate of drug-likeness (QED) is 0.611. The van der Waals surface area contributed by atoms with Crippen molar-refractivity contribution in [3.05, 3.63) is 47.9 Å². The van der Waals surface area contributed by atoms with Crippen molar-refractivity contribution in [3.8, 4) is 28.9 Å². The molecule has 0 N–H and O–H groups in total. The third-order valence-electron chi connectivity index (χ3n) is 5.06. The molecule has 1 aromatic carbocycles. The van der Waals surface area contributed by atoms with E-state index in [1.807, 2.05) is 24.3 Å². The molecule has 9 heteroatoms. The van der Waals surface area contributed by atoms with Gasteiger partial charge in [0.1, 0.15) is 17.4 Å². The number of amides is 1. The first-order valence-electron chi connectivity index (χ1n) is 9.52. The van der Waals surface area contributed by atoms with Crippen molar-refractivity contribution in [2.24, 2.45) is 0 Å². The predicted molar refractivity (Wildman–Crippen MR) is 107 cm³/mol. The molecule has 2 aromatic heterocycles. The van der Waals surface area contributed by atoms with Gasteiger partial charge in [-0.05, 0) is 43.2 Å². The van der Waals surface area contributed by atoms with Crippen LogP contribution in [0.5, 0.6) is 17.5 Å². The maximum Gasteiger partial charge on any atom is 0.260 e. The van der Waals surface area contributed by atoms with Crippen LogP contribution in [0.15, 0.2) is 40.9 Å². The Morgan fingerprint density at radius 3 is 2.53 bits per heavy atom. The maximum atomic E-state index is 13.2. The summed E-state index contributed by atoms with van der Waals surface area (Å²) in [6.45, 7) is 0.582. The number of carbonyl (C=O) groups is 1. The molecule has 1 fully saturated rings. The first-order chi connectivity index (χ1) is 14.6. The van der Waals surface area contributed by atoms with Gasteiger partial charge in [0, 0.05) is 18.2 Å². The van der Waals surface area contributed by atoms with Gasteiger partial charge in [-0.1, -0.05) is 5.16 Å². The van der Waals surface area contributed by atoms with E-state index in [9.17, 15) is 4.79 Å². The number of nitrogens with zero attached hydrogens (tertiary/aromatic N) is 4. The minimum atomic E-state index is -0.302. The van der Waals surface area contributed by atoms with Crippen LogP contribution in [0.2, 0.25) is 0 Å². The molecule has 1 saturated heterocycles. The molecule has 9 nitrogen and oxygen atoms in total. The van der Waals surface area contributed by atoms with Crippen molar-refractivity contribution in [3.63, 3.8) is 0 Å². The van der Waals surface area contributed by atoms with Crippen molar-refractivity contribution in [2.45, 2.75) is 18.9 Å². The molecular formula is C21H22N4O5. The summed E-state index contributed by atoms with van der Waals surface area (Å²) < 4.78 is 21.1. The number of ether oxygens (including phenoxy) is 3. The Labute approximate surface area is 173 Å². The van der Waals surface area contributed by atoms with E-state index in [1.54, 1.807) is 24.1 Å². The predicted octanol–water partition coefficient (Wildman–Crippen LogP) is 3.13. The molecule has 0 unspecified atom stereocenters. The van der Waals surface area contributed by atoms with Gasteiger partial charge in [0.25, 0.3) is 5.91 Å². The molecule has 3 heterocycles. The largest absolute Gasteiger partial charge is 0.497 e. The number of pyridine rings is 1. The van der Waals surface area contributed by atoms with E-state index in [1.165, 1.54) is 14.2 Å². The SMILES string of the molecule is COc1ccc(-c2noc([C@H]3CCCN3C(=O)c3ccc(OC)nc3OC)n2)cc1. The lowest BCUT2D eigenvalue weighted by molar-refractivity contribution is 0.0705. The molecule has 1 amide bonds. The first-order valence-corrected chi connectivity index (χ1v) is 9.52. The van der Waals surface area contributed by atoms with Gasteiger partial charge in [0.15, 0.2) is 0 Å². The van der Waals surface area contributed by atoms with Gasteiger partial charge in [-0.3, -0.25) is 4.79 Å². The van der Waals surface area contributed by atoms with Crippen LogP contribution in [-0.2, 0) is 0 Å². The molecular weight excluding hydrogens is 388 g/mol. The number of rotatable bonds is 6. The standard InChI is InChI=1S/C21H22N4O5/c1-27-14-8-6-13(7-9-14)18-23-20(30-24-18)16-5-4-12-25(16)21(26)15-10-11-17(28-2)22-19(15)29-3/h6-11,16H,4-5,12H2,1-3H3/t16-/m1/s1. The van der Waals surface area contributed by atoms with Crippen LogP contribution >= 0.6 is 0 Å². The number of aromatic nitrogens is 3. The summed E-state index contributed by atoms with van der Waals surface area (Å²) in [4.78, 5) is 23.7. The van der Waals surface area contributed by atoms with Gasteiger partial charge in [-0.25, -0.2) is 0 Å². The highest BCUT2D eigenvalue weighted by Gasteiger charge is 2.36. The fourth-order valence-corrected chi connectivity index (χ4v) is 3.50. The maximum absolute atomic E-state index is 13.2. The van der Waals surface area contributed by atoms with E-state index in [0.717, 1.165) is 24.2 Å². The van der Waals surface area contributed by atoms with Crippen LogP contribution in [0.3, 0.4) is 0 Å². The van der Waals surface area contributed by atoms with Gasteiger partial charge in [-0.15, -0.1) is 0 Å². The molecule has 0 spiro atoms. The third-order valence-corrected chi connectivity index (χ3v) is 5.06. The third kappa shape index (κ3) is 3.66. The molecule has 0 radical (unpaired) electrons. The molecule has 1 atom stereocenters. The molecule has 3 aromatic rings. The lowest BCUT2D eigenvalue weighted by Crippen LogP contribution is -2.31. The van der Waals surface area contributed by atoms with Gasteiger partial charge in [-0.2, -0.15) is 9.97 Å². The molecule has 4 rings (SSSR count). The summed E-state index contributed by atoms with van der Waals surface area (Å²) in [5, 5.41) is 4.09. The topological polar surface area (TPSA) is 99.8 Å². The van der Waals surface area contributed by atoms with E-state index >= 15 is 0 Å². The average molecular weight is 410 g/mol. The Kier molecular flexibility index (Phi) is 5.51. The van der Waals surface area contributed by atoms with Crippen molar-refractivity contribution in [1.29, 1.82) is 0 Å². The summed E-state index contributed by atoms with van der Waals surface area (Å²) in [6, 6.07) is 10.4. The van der Waals surface area contributed by atoms with Crippen molar-refractivity contribution in [1.82, 2.24) is 20.0 Å². The molecule has 30 heavy (non-hydrogen) atoms. The Bertz CT molecular complexity index is 1030. The summed E-state index contributed by atoms with van der Waals surface area (Å²) >= 11 is 0. The van der Waals surface area contributed by atoms with Crippen LogP contribution in [0.25, 0.3) is 11.4 Å². The number of hydrogen-bond acceptors (Lipinski definition) is 8. The smallest absolute Gasteiger partial charge is 0.260 e. The highest BCUT2D eigenvalue weighted by molar-refractivity contribution is 5.96. The lowest BCUT2D eigenvalue weighted by Gasteiger charge is -2.22. The van der Waals surface area contributed by atoms with E-state index in [2.05, 4.69) is 15.1 Å². The summed E-state index contributed by atoms with van der Waals surface area (Å²) in [7, 11) is 4.59. The lowest BCUT2D eigenvalue weighted by atomic mass is 10.2. The van der Waals surface area contributed by atoms with Crippen LogP contribution in [0.4, 0.5) is 0 Å². The molecule has 0 saturated carbocycles. The van der Waals surface area contributed by atoms with Crippen molar-refractivity contribution < 1.29 is 23.5 Å². The van der Waals surface area contributed by atoms with Gasteiger partial charge >= 0.3 is 0 Å². The highest BCUT2D eigenvalue weighted by Crippen LogP contribution is 2.34. The Balaban J connectivity index is 1.58. The fourth-order valence-electron chi connectivity index (χ4n) is 3.50. The number of hydrogen-bond donors (Lipinski definition) is 0. The summed E-state index contributed by atoms with van der Waals surface area (Å²) in [5.41, 5.74) is 1.17. The first kappa shape index (κ1) is 19.7. The van der Waals surface area contributed by atoms with Crippen LogP contribution < -0.4 is 14.2 Å². The second-order valence-corrected chi connectivity index (χ2v) is 6.75. The highest BCUT2D eigenvalue weighted by atomic mass is 16.5. The molecule has 0 bridgehead atoms. The molecule has 1 aliphatic heterocycles. The molecule has 0 aliphatic carbocycles. The number of benzene rings is 1. The van der Waals surface area contributed by atoms with E-state index in [-0.39, 0.29) is 17.8 Å². The molecule has 156 valence electrons. The van der Waals surface area contributed by atoms with Gasteiger partial charge in [0.05, 0.1) is 21.3 Å². The molecule has 1 aliphatic rings. The average Bonchev–Trinajstić information content (AvgIpc) is 3.48. The number of carbonyl (C=O) groups excluding carboxylic acids is 1. The van der Waals surface area contributed by atoms with Crippen LogP contribution in [-0.4, -0.2) is 53.8 Å². The summed E-state index contributed by atoms with van der Waals surface area (Å²) in [5.74, 6) is 2.02. The second kappa shape index (κ2) is 8.40. The Morgan fingerprint density at radius 1 is 1.03 bits per heavy atom. The van der Waals surface area contributed by atoms with Crippen LogP contribution in [0, 0.1) is 0 Å². The van der Waals surface area contributed by atoms with Crippen LogP contribution in [0.1, 0.15) is 35.1 Å². The van der Waals surface area contributed by atoms with E-state index in [4.69, 9.17) is 18.7 Å². The number of methoxy groups -OCH3 is 3. The summed E-state index contributed by atoms with van der Waals surface area (Å²) in [6.07, 6.45) is 1.57. The number of likely N-dealkylation sites (tertiary alicyclic amines) is 1. The van der Waals surface area contributed by atoms with Crippen molar-refractivity contribution >= 4 is 5.91 Å². The van der Waals surface area contributed by atoms with Gasteiger partial charge in [0.2, 0.25) is 23.5 Å². The van der Waals surface area contributed by atoms with E-state index < -0.39 is 0 Å². The van der Waals surface area contributed by atoms with Gasteiger partial charge < -0.3 is 23.6 Å². The zero-order chi connectivity index (χ0) is 21.1. The Hall–Kier alpha value is -3.62. The Morgan fingerprint density at radius 2 is 1.83 bits per heavy atom. The zero-order valence-electron chi connectivity index (χ0n) is 17.0. The monoisotopic (exact) mass is 410 g/mol. The minimum Gasteiger partial charge on any atom is -0.497 e. The second-order valence-electron chi connectivity index (χ2n) is 6.75. The van der Waals surface area contributed by atoms with E-state index in [0.29, 0.717) is 29.7 Å². The fraction of sp³-hybridized carbons (Fsp3) is 0.333. The van der Waals surface area contributed by atoms with Crippen molar-refractivity contribution in [2.75, 3.05) is 27.9 Å². The minimum absolute atomic E-state index is 0.200. The normalized spacial score (nSPS) is 15.8.